The van der Waals surface area contributed by atoms with Gasteiger partial charge >= 0.3 is 0 Å². The summed E-state index contributed by atoms with van der Waals surface area (Å²) in [5, 5.41) is 3.27. The fourth-order valence-corrected chi connectivity index (χ4v) is 1.80. The Kier molecular flexibility index (Phi) is 7.58. The van der Waals surface area contributed by atoms with Gasteiger partial charge in [-0.2, -0.15) is 0 Å². The second-order valence-corrected chi connectivity index (χ2v) is 4.00. The zero-order valence-corrected chi connectivity index (χ0v) is 10.2. The Labute approximate surface area is 101 Å². The lowest BCUT2D eigenvalue weighted by Gasteiger charge is -2.17. The highest BCUT2D eigenvalue weighted by molar-refractivity contribution is 5.85. The Bertz CT molecular complexity index is 211. The van der Waals surface area contributed by atoms with Gasteiger partial charge < -0.3 is 10.2 Å². The van der Waals surface area contributed by atoms with E-state index >= 15 is 0 Å². The lowest BCUT2D eigenvalue weighted by molar-refractivity contribution is -0.131. The third kappa shape index (κ3) is 5.61. The first-order valence-electron chi connectivity index (χ1n) is 5.35. The number of halogens is 3. The Hall–Kier alpha value is -0.420. The van der Waals surface area contributed by atoms with Crippen LogP contribution in [0.15, 0.2) is 0 Å². The zero-order valence-electron chi connectivity index (χ0n) is 9.42. The third-order valence-electron chi connectivity index (χ3n) is 2.71. The predicted molar refractivity (Wildman–Crippen MR) is 61.1 cm³/mol. The van der Waals surface area contributed by atoms with E-state index in [9.17, 15) is 13.6 Å². The lowest BCUT2D eigenvalue weighted by atomic mass is 10.1. The van der Waals surface area contributed by atoms with E-state index in [1.54, 1.807) is 0 Å². The molecule has 0 aromatic carbocycles. The molecule has 0 saturated carbocycles. The number of nitrogens with zero attached hydrogens (tertiary/aromatic N) is 1. The number of hydrogen-bond donors (Lipinski definition) is 1. The molecule has 0 aromatic rings. The van der Waals surface area contributed by atoms with E-state index in [1.165, 1.54) is 7.05 Å². The summed E-state index contributed by atoms with van der Waals surface area (Å²) in [6, 6.07) is 0.397. The summed E-state index contributed by atoms with van der Waals surface area (Å²) < 4.78 is 24.0. The van der Waals surface area contributed by atoms with Crippen LogP contribution in [0, 0.1) is 0 Å². The van der Waals surface area contributed by atoms with E-state index < -0.39 is 13.0 Å². The molecule has 0 aliphatic carbocycles. The van der Waals surface area contributed by atoms with E-state index in [-0.39, 0.29) is 18.3 Å². The van der Waals surface area contributed by atoms with Crippen molar-refractivity contribution in [2.75, 3.05) is 20.1 Å². The summed E-state index contributed by atoms with van der Waals surface area (Å²) >= 11 is 0. The third-order valence-corrected chi connectivity index (χ3v) is 2.71. The van der Waals surface area contributed by atoms with Gasteiger partial charge in [0.2, 0.25) is 5.91 Å². The van der Waals surface area contributed by atoms with Gasteiger partial charge in [0.1, 0.15) is 0 Å². The van der Waals surface area contributed by atoms with Gasteiger partial charge in [-0.05, 0) is 25.8 Å². The lowest BCUT2D eigenvalue weighted by Crippen LogP contribution is -2.32. The van der Waals surface area contributed by atoms with Crippen molar-refractivity contribution >= 4 is 18.3 Å². The molecule has 1 aliphatic rings. The monoisotopic (exact) mass is 256 g/mol. The molecule has 1 amide bonds. The Morgan fingerprint density at radius 3 is 2.75 bits per heavy atom. The smallest absolute Gasteiger partial charge is 0.255 e. The minimum atomic E-state index is -2.44. The number of hydrogen-bond acceptors (Lipinski definition) is 2. The van der Waals surface area contributed by atoms with Gasteiger partial charge in [-0.3, -0.25) is 4.79 Å². The molecule has 6 heteroatoms. The van der Waals surface area contributed by atoms with Crippen LogP contribution in [0.1, 0.15) is 25.7 Å². The van der Waals surface area contributed by atoms with E-state index in [4.69, 9.17) is 0 Å². The van der Waals surface area contributed by atoms with Gasteiger partial charge in [0.25, 0.3) is 6.43 Å². The number of alkyl halides is 2. The number of amides is 1. The van der Waals surface area contributed by atoms with Crippen molar-refractivity contribution in [3.8, 4) is 0 Å². The molecule has 1 rings (SSSR count). The molecule has 1 atom stereocenters. The molecule has 0 aromatic heterocycles. The van der Waals surface area contributed by atoms with Crippen LogP contribution in [0.4, 0.5) is 8.78 Å². The molecular weight excluding hydrogens is 238 g/mol. The van der Waals surface area contributed by atoms with E-state index in [0.29, 0.717) is 12.5 Å². The maximum atomic E-state index is 12.0. The second kappa shape index (κ2) is 7.79. The molecule has 16 heavy (non-hydrogen) atoms. The minimum Gasteiger partial charge on any atom is -0.340 e. The summed E-state index contributed by atoms with van der Waals surface area (Å²) in [6.45, 7) is 0.544. The summed E-state index contributed by atoms with van der Waals surface area (Å²) in [5.41, 5.74) is 0. The van der Waals surface area contributed by atoms with Gasteiger partial charge in [0.15, 0.2) is 0 Å². The average Bonchev–Trinajstić information content (AvgIpc) is 2.65. The zero-order chi connectivity index (χ0) is 11.3. The normalized spacial score (nSPS) is 19.6. The first-order valence-corrected chi connectivity index (χ1v) is 5.35. The van der Waals surface area contributed by atoms with E-state index in [1.807, 2.05) is 0 Å². The number of rotatable bonds is 5. The van der Waals surface area contributed by atoms with E-state index in [2.05, 4.69) is 5.32 Å². The molecule has 1 aliphatic heterocycles. The summed E-state index contributed by atoms with van der Waals surface area (Å²) in [7, 11) is 1.43. The highest BCUT2D eigenvalue weighted by Crippen LogP contribution is 2.11. The maximum Gasteiger partial charge on any atom is 0.255 e. The molecule has 3 nitrogen and oxygen atoms in total. The topological polar surface area (TPSA) is 32.3 Å². The van der Waals surface area contributed by atoms with Gasteiger partial charge in [-0.25, -0.2) is 8.78 Å². The Morgan fingerprint density at radius 2 is 2.25 bits per heavy atom. The maximum absolute atomic E-state index is 12.0. The van der Waals surface area contributed by atoms with Gasteiger partial charge in [0, 0.05) is 19.5 Å². The highest BCUT2D eigenvalue weighted by atomic mass is 35.5. The van der Waals surface area contributed by atoms with E-state index in [0.717, 1.165) is 30.7 Å². The van der Waals surface area contributed by atoms with Crippen molar-refractivity contribution in [3.63, 3.8) is 0 Å². The summed E-state index contributed by atoms with van der Waals surface area (Å²) in [6.07, 6.45) is 0.911. The second-order valence-electron chi connectivity index (χ2n) is 4.00. The number of nitrogens with one attached hydrogen (secondary N) is 1. The molecule has 1 fully saturated rings. The average molecular weight is 257 g/mol. The molecule has 1 N–H and O–H groups in total. The quantitative estimate of drug-likeness (QED) is 0.812. The molecule has 0 bridgehead atoms. The van der Waals surface area contributed by atoms with Gasteiger partial charge in [-0.15, -0.1) is 12.4 Å². The van der Waals surface area contributed by atoms with Crippen molar-refractivity contribution in [2.45, 2.75) is 38.2 Å². The number of carbonyl (C=O) groups is 1. The van der Waals surface area contributed by atoms with Crippen LogP contribution in [0.25, 0.3) is 0 Å². The van der Waals surface area contributed by atoms with Gasteiger partial charge in [-0.1, -0.05) is 0 Å². The SMILES string of the molecule is CN(CC(F)F)C(=O)CCC1CCCN1.Cl. The molecule has 96 valence electrons. The van der Waals surface area contributed by atoms with Crippen LogP contribution < -0.4 is 5.32 Å². The summed E-state index contributed by atoms with van der Waals surface area (Å²) in [5.74, 6) is -0.191. The summed E-state index contributed by atoms with van der Waals surface area (Å²) in [4.78, 5) is 12.5. The van der Waals surface area contributed by atoms with Crippen LogP contribution in [-0.2, 0) is 4.79 Å². The van der Waals surface area contributed by atoms with Crippen molar-refractivity contribution < 1.29 is 13.6 Å². The molecule has 1 heterocycles. The largest absolute Gasteiger partial charge is 0.340 e. The van der Waals surface area contributed by atoms with Crippen molar-refractivity contribution in [3.05, 3.63) is 0 Å². The Morgan fingerprint density at radius 1 is 1.56 bits per heavy atom. The molecule has 1 unspecified atom stereocenters. The fourth-order valence-electron chi connectivity index (χ4n) is 1.80. The first-order chi connectivity index (χ1) is 7.09. The molecule has 1 saturated heterocycles. The molecule has 0 spiro atoms. The van der Waals surface area contributed by atoms with Crippen LogP contribution in [0.2, 0.25) is 0 Å². The highest BCUT2D eigenvalue weighted by Gasteiger charge is 2.18. The Balaban J connectivity index is 0.00000225. The number of carbonyl (C=O) groups excluding carboxylic acids is 1. The molecule has 0 radical (unpaired) electrons. The predicted octanol–water partition coefficient (Wildman–Crippen LogP) is 1.66. The standard InChI is InChI=1S/C10H18F2N2O.ClH/c1-14(7-9(11)12)10(15)5-4-8-3-2-6-13-8;/h8-9,13H,2-7H2,1H3;1H. The van der Waals surface area contributed by atoms with Crippen molar-refractivity contribution in [1.82, 2.24) is 10.2 Å². The van der Waals surface area contributed by atoms with Gasteiger partial charge in [0.05, 0.1) is 6.54 Å². The van der Waals surface area contributed by atoms with Crippen LogP contribution in [0.5, 0.6) is 0 Å². The van der Waals surface area contributed by atoms with Crippen molar-refractivity contribution in [2.24, 2.45) is 0 Å². The first kappa shape index (κ1) is 15.6. The fraction of sp³-hybridized carbons (Fsp3) is 0.900. The van der Waals surface area contributed by atoms with Crippen LogP contribution >= 0.6 is 12.4 Å². The van der Waals surface area contributed by atoms with Crippen LogP contribution in [-0.4, -0.2) is 43.4 Å². The molecular formula is C10H19ClF2N2O. The van der Waals surface area contributed by atoms with Crippen molar-refractivity contribution in [1.29, 1.82) is 0 Å². The minimum absolute atomic E-state index is 0. The van der Waals surface area contributed by atoms with Crippen LogP contribution in [0.3, 0.4) is 0 Å².